The standard InChI is InChI=1S/C16H24N2/c1-4-6-9-17-15-11-16-14(10-12(3)18-16)8-7-13(15)5-2/h5,10-11,13,17-18H,2,4,6-9H2,1,3H3. The van der Waals surface area contributed by atoms with Crippen LogP contribution < -0.4 is 5.32 Å². The first-order valence-electron chi connectivity index (χ1n) is 7.01. The molecule has 0 aromatic carbocycles. The first-order chi connectivity index (χ1) is 8.74. The highest BCUT2D eigenvalue weighted by Crippen LogP contribution is 2.27. The van der Waals surface area contributed by atoms with Crippen molar-refractivity contribution in [2.75, 3.05) is 6.54 Å². The van der Waals surface area contributed by atoms with Gasteiger partial charge in [-0.15, -0.1) is 6.58 Å². The minimum atomic E-state index is 0.461. The summed E-state index contributed by atoms with van der Waals surface area (Å²) in [6, 6.07) is 2.26. The highest BCUT2D eigenvalue weighted by Gasteiger charge is 2.17. The quantitative estimate of drug-likeness (QED) is 0.598. The lowest BCUT2D eigenvalue weighted by atomic mass is 9.99. The van der Waals surface area contributed by atoms with Gasteiger partial charge >= 0.3 is 0 Å². The summed E-state index contributed by atoms with van der Waals surface area (Å²) in [6.07, 6.45) is 9.08. The van der Waals surface area contributed by atoms with Crippen molar-refractivity contribution in [1.29, 1.82) is 0 Å². The summed E-state index contributed by atoms with van der Waals surface area (Å²) in [5.41, 5.74) is 5.28. The zero-order valence-electron chi connectivity index (χ0n) is 11.6. The molecular weight excluding hydrogens is 220 g/mol. The summed E-state index contributed by atoms with van der Waals surface area (Å²) >= 11 is 0. The summed E-state index contributed by atoms with van der Waals surface area (Å²) in [7, 11) is 0. The molecule has 1 aromatic rings. The zero-order chi connectivity index (χ0) is 13.0. The van der Waals surface area contributed by atoms with Gasteiger partial charge in [-0.3, -0.25) is 0 Å². The second-order valence-corrected chi connectivity index (χ2v) is 5.15. The van der Waals surface area contributed by atoms with Crippen molar-refractivity contribution in [2.24, 2.45) is 5.92 Å². The number of aromatic amines is 1. The van der Waals surface area contributed by atoms with E-state index in [1.165, 1.54) is 35.5 Å². The van der Waals surface area contributed by atoms with Crippen molar-refractivity contribution in [3.8, 4) is 0 Å². The molecule has 0 aliphatic heterocycles. The smallest absolute Gasteiger partial charge is 0.0432 e. The van der Waals surface area contributed by atoms with Gasteiger partial charge in [-0.05, 0) is 43.9 Å². The van der Waals surface area contributed by atoms with E-state index in [9.17, 15) is 0 Å². The zero-order valence-corrected chi connectivity index (χ0v) is 11.6. The van der Waals surface area contributed by atoms with Crippen LogP contribution in [0, 0.1) is 12.8 Å². The first kappa shape index (κ1) is 13.0. The van der Waals surface area contributed by atoms with Gasteiger partial charge < -0.3 is 10.3 Å². The van der Waals surface area contributed by atoms with Crippen LogP contribution in [-0.4, -0.2) is 11.5 Å². The van der Waals surface area contributed by atoms with Gasteiger partial charge in [-0.1, -0.05) is 19.4 Å². The van der Waals surface area contributed by atoms with E-state index in [2.05, 4.69) is 48.9 Å². The van der Waals surface area contributed by atoms with Crippen LogP contribution in [0.25, 0.3) is 6.08 Å². The number of unbranched alkanes of at least 4 members (excludes halogenated alkanes) is 1. The first-order valence-corrected chi connectivity index (χ1v) is 7.01. The molecule has 0 radical (unpaired) electrons. The van der Waals surface area contributed by atoms with E-state index in [0.717, 1.165) is 19.4 Å². The van der Waals surface area contributed by atoms with Crippen LogP contribution in [0.2, 0.25) is 0 Å². The van der Waals surface area contributed by atoms with E-state index in [1.807, 2.05) is 0 Å². The predicted octanol–water partition coefficient (Wildman–Crippen LogP) is 3.80. The maximum Gasteiger partial charge on any atom is 0.0432 e. The fourth-order valence-corrected chi connectivity index (χ4v) is 2.57. The molecule has 2 nitrogen and oxygen atoms in total. The van der Waals surface area contributed by atoms with Crippen LogP contribution in [0.3, 0.4) is 0 Å². The molecule has 0 saturated heterocycles. The Morgan fingerprint density at radius 2 is 2.39 bits per heavy atom. The fraction of sp³-hybridized carbons (Fsp3) is 0.500. The van der Waals surface area contributed by atoms with E-state index in [0.29, 0.717) is 5.92 Å². The Kier molecular flexibility index (Phi) is 4.29. The minimum absolute atomic E-state index is 0.461. The Morgan fingerprint density at radius 3 is 3.11 bits per heavy atom. The van der Waals surface area contributed by atoms with E-state index in [-0.39, 0.29) is 0 Å². The number of allylic oxidation sites excluding steroid dienone is 1. The van der Waals surface area contributed by atoms with Gasteiger partial charge in [-0.25, -0.2) is 0 Å². The monoisotopic (exact) mass is 244 g/mol. The van der Waals surface area contributed by atoms with Gasteiger partial charge in [0.05, 0.1) is 0 Å². The Hall–Kier alpha value is -1.44. The molecule has 1 aromatic heterocycles. The Balaban J connectivity index is 2.20. The van der Waals surface area contributed by atoms with Gasteiger partial charge in [-0.2, -0.15) is 0 Å². The number of H-pyrrole nitrogens is 1. The van der Waals surface area contributed by atoms with Crippen LogP contribution in [0.15, 0.2) is 24.4 Å². The van der Waals surface area contributed by atoms with E-state index in [1.54, 1.807) is 0 Å². The minimum Gasteiger partial charge on any atom is -0.388 e. The molecule has 0 bridgehead atoms. The maximum atomic E-state index is 3.98. The maximum absolute atomic E-state index is 3.98. The molecule has 0 amide bonds. The Morgan fingerprint density at radius 1 is 1.56 bits per heavy atom. The number of aryl methyl sites for hydroxylation is 2. The highest BCUT2D eigenvalue weighted by atomic mass is 14.9. The number of aromatic nitrogens is 1. The average molecular weight is 244 g/mol. The Bertz CT molecular complexity index is 440. The average Bonchev–Trinajstić information content (AvgIpc) is 2.62. The number of hydrogen-bond donors (Lipinski definition) is 2. The van der Waals surface area contributed by atoms with Gasteiger partial charge in [0, 0.05) is 29.5 Å². The number of fused-ring (bicyclic) bond motifs is 1. The molecule has 0 spiro atoms. The van der Waals surface area contributed by atoms with E-state index >= 15 is 0 Å². The van der Waals surface area contributed by atoms with Crippen molar-refractivity contribution in [3.05, 3.63) is 41.4 Å². The molecule has 1 atom stereocenters. The second kappa shape index (κ2) is 5.94. The number of rotatable bonds is 5. The fourth-order valence-electron chi connectivity index (χ4n) is 2.57. The van der Waals surface area contributed by atoms with Crippen LogP contribution in [0.5, 0.6) is 0 Å². The third-order valence-corrected chi connectivity index (χ3v) is 3.64. The molecule has 2 N–H and O–H groups in total. The van der Waals surface area contributed by atoms with E-state index in [4.69, 9.17) is 0 Å². The van der Waals surface area contributed by atoms with Crippen LogP contribution in [-0.2, 0) is 6.42 Å². The summed E-state index contributed by atoms with van der Waals surface area (Å²) in [5, 5.41) is 3.58. The van der Waals surface area contributed by atoms with Crippen molar-refractivity contribution in [1.82, 2.24) is 10.3 Å². The molecule has 1 aliphatic carbocycles. The molecule has 2 heteroatoms. The van der Waals surface area contributed by atoms with Crippen LogP contribution in [0.1, 0.15) is 43.1 Å². The Labute approximate surface area is 110 Å². The van der Waals surface area contributed by atoms with Crippen LogP contribution in [0.4, 0.5) is 0 Å². The predicted molar refractivity (Wildman–Crippen MR) is 78.4 cm³/mol. The van der Waals surface area contributed by atoms with Gasteiger partial charge in [0.25, 0.3) is 0 Å². The molecule has 1 unspecified atom stereocenters. The number of hydrogen-bond acceptors (Lipinski definition) is 1. The SMILES string of the molecule is C=CC1CCc2cc(C)[nH]c2C=C1NCCCC. The molecular formula is C16H24N2. The van der Waals surface area contributed by atoms with Crippen molar-refractivity contribution in [3.63, 3.8) is 0 Å². The second-order valence-electron chi connectivity index (χ2n) is 5.15. The summed E-state index contributed by atoms with van der Waals surface area (Å²) in [5.74, 6) is 0.461. The normalized spacial score (nSPS) is 18.8. The molecule has 2 rings (SSSR count). The van der Waals surface area contributed by atoms with Crippen molar-refractivity contribution >= 4 is 6.08 Å². The van der Waals surface area contributed by atoms with Gasteiger partial charge in [0.2, 0.25) is 0 Å². The molecule has 0 fully saturated rings. The van der Waals surface area contributed by atoms with Gasteiger partial charge in [0.15, 0.2) is 0 Å². The largest absolute Gasteiger partial charge is 0.388 e. The lowest BCUT2D eigenvalue weighted by molar-refractivity contribution is 0.604. The molecule has 1 aliphatic rings. The van der Waals surface area contributed by atoms with Crippen molar-refractivity contribution in [2.45, 2.75) is 39.5 Å². The van der Waals surface area contributed by atoms with Gasteiger partial charge in [0.1, 0.15) is 0 Å². The van der Waals surface area contributed by atoms with E-state index < -0.39 is 0 Å². The third kappa shape index (κ3) is 2.87. The van der Waals surface area contributed by atoms with Crippen molar-refractivity contribution < 1.29 is 0 Å². The molecule has 1 heterocycles. The summed E-state index contributed by atoms with van der Waals surface area (Å²) in [6.45, 7) is 9.38. The number of nitrogens with one attached hydrogen (secondary N) is 2. The third-order valence-electron chi connectivity index (χ3n) is 3.64. The molecule has 18 heavy (non-hydrogen) atoms. The lowest BCUT2D eigenvalue weighted by Crippen LogP contribution is -2.20. The topological polar surface area (TPSA) is 27.8 Å². The highest BCUT2D eigenvalue weighted by molar-refractivity contribution is 5.56. The molecule has 0 saturated carbocycles. The molecule has 98 valence electrons. The lowest BCUT2D eigenvalue weighted by Gasteiger charge is -2.16. The summed E-state index contributed by atoms with van der Waals surface area (Å²) in [4.78, 5) is 3.45. The van der Waals surface area contributed by atoms with Crippen LogP contribution >= 0.6 is 0 Å². The summed E-state index contributed by atoms with van der Waals surface area (Å²) < 4.78 is 0.